The highest BCUT2D eigenvalue weighted by Crippen LogP contribution is 2.15. The predicted molar refractivity (Wildman–Crippen MR) is 307 cm³/mol. The van der Waals surface area contributed by atoms with Gasteiger partial charge in [-0.1, -0.05) is 234 Å². The Morgan fingerprint density at radius 1 is 0.296 bits per heavy atom. The zero-order valence-corrected chi connectivity index (χ0v) is 46.5. The maximum Gasteiger partial charge on any atom is 0.306 e. The second-order valence-electron chi connectivity index (χ2n) is 19.5. The van der Waals surface area contributed by atoms with Crippen molar-refractivity contribution in [3.05, 3.63) is 97.2 Å². The number of esters is 3. The molecule has 6 heteroatoms. The molecule has 0 rings (SSSR count). The second-order valence-corrected chi connectivity index (χ2v) is 19.5. The number of rotatable bonds is 53. The van der Waals surface area contributed by atoms with Crippen molar-refractivity contribution in [3.8, 4) is 0 Å². The number of allylic oxidation sites excluding steroid dienone is 16. The Morgan fingerprint density at radius 2 is 0.549 bits per heavy atom. The number of carbonyl (C=O) groups excluding carboxylic acids is 3. The van der Waals surface area contributed by atoms with Crippen LogP contribution in [-0.2, 0) is 28.6 Å². The second kappa shape index (κ2) is 58.9. The zero-order valence-electron chi connectivity index (χ0n) is 46.5. The minimum absolute atomic E-state index is 0.0851. The highest BCUT2D eigenvalue weighted by molar-refractivity contribution is 5.71. The SMILES string of the molecule is CC/C=C\C/C=C\C/C=C\C/C=C\C/C=C\C/C=C\CCCCCCCCCCCCC(=O)OCC(COC(=O)CCCCCCC/C=C\CCCCC)OC(=O)CCCCCCC/C=C\CCCCC. The van der Waals surface area contributed by atoms with Gasteiger partial charge in [-0.05, 0) is 122 Å². The molecule has 0 aromatic carbocycles. The molecule has 0 saturated heterocycles. The van der Waals surface area contributed by atoms with Crippen molar-refractivity contribution >= 4 is 17.9 Å². The van der Waals surface area contributed by atoms with Crippen LogP contribution in [0.25, 0.3) is 0 Å². The Bertz CT molecular complexity index is 1410. The van der Waals surface area contributed by atoms with Gasteiger partial charge in [0.05, 0.1) is 0 Å². The van der Waals surface area contributed by atoms with Crippen molar-refractivity contribution in [2.45, 2.75) is 284 Å². The summed E-state index contributed by atoms with van der Waals surface area (Å²) in [5.74, 6) is -0.905. The van der Waals surface area contributed by atoms with E-state index in [2.05, 4.69) is 118 Å². The Hall–Kier alpha value is -3.67. The van der Waals surface area contributed by atoms with Gasteiger partial charge >= 0.3 is 17.9 Å². The van der Waals surface area contributed by atoms with Crippen molar-refractivity contribution in [1.29, 1.82) is 0 Å². The first kappa shape index (κ1) is 67.3. The Kier molecular flexibility index (Phi) is 55.9. The molecule has 0 saturated carbocycles. The molecule has 0 aliphatic carbocycles. The number of ether oxygens (including phenoxy) is 3. The van der Waals surface area contributed by atoms with Gasteiger partial charge in [0.25, 0.3) is 0 Å². The van der Waals surface area contributed by atoms with E-state index in [1.807, 2.05) is 0 Å². The van der Waals surface area contributed by atoms with E-state index in [1.54, 1.807) is 0 Å². The van der Waals surface area contributed by atoms with E-state index < -0.39 is 6.10 Å². The summed E-state index contributed by atoms with van der Waals surface area (Å²) in [6, 6.07) is 0. The fourth-order valence-electron chi connectivity index (χ4n) is 8.08. The Morgan fingerprint density at radius 3 is 0.873 bits per heavy atom. The van der Waals surface area contributed by atoms with Gasteiger partial charge < -0.3 is 14.2 Å². The monoisotopic (exact) mass is 987 g/mol. The first-order valence-corrected chi connectivity index (χ1v) is 29.7. The third-order valence-electron chi connectivity index (χ3n) is 12.5. The van der Waals surface area contributed by atoms with Crippen molar-refractivity contribution in [3.63, 3.8) is 0 Å². The summed E-state index contributed by atoms with van der Waals surface area (Å²) in [6.45, 7) is 6.46. The number of carbonyl (C=O) groups is 3. The van der Waals surface area contributed by atoms with Gasteiger partial charge in [-0.2, -0.15) is 0 Å². The summed E-state index contributed by atoms with van der Waals surface area (Å²) in [5.41, 5.74) is 0. The zero-order chi connectivity index (χ0) is 51.4. The predicted octanol–water partition coefficient (Wildman–Crippen LogP) is 20.1. The molecule has 0 aromatic rings. The Balaban J connectivity index is 4.22. The van der Waals surface area contributed by atoms with Gasteiger partial charge in [-0.3, -0.25) is 14.4 Å². The van der Waals surface area contributed by atoms with E-state index in [4.69, 9.17) is 14.2 Å². The lowest BCUT2D eigenvalue weighted by Gasteiger charge is -2.18. The van der Waals surface area contributed by atoms with Crippen LogP contribution < -0.4 is 0 Å². The molecular formula is C65H110O6. The molecule has 71 heavy (non-hydrogen) atoms. The first-order chi connectivity index (χ1) is 35.0. The van der Waals surface area contributed by atoms with Crippen LogP contribution in [-0.4, -0.2) is 37.2 Å². The lowest BCUT2D eigenvalue weighted by atomic mass is 10.1. The van der Waals surface area contributed by atoms with E-state index in [9.17, 15) is 14.4 Å². The highest BCUT2D eigenvalue weighted by atomic mass is 16.6. The first-order valence-electron chi connectivity index (χ1n) is 29.7. The molecule has 0 N–H and O–H groups in total. The van der Waals surface area contributed by atoms with Gasteiger partial charge in [0, 0.05) is 19.3 Å². The van der Waals surface area contributed by atoms with Crippen LogP contribution in [0.5, 0.6) is 0 Å². The minimum Gasteiger partial charge on any atom is -0.462 e. The maximum atomic E-state index is 12.8. The van der Waals surface area contributed by atoms with E-state index in [1.165, 1.54) is 122 Å². The number of hydrogen-bond donors (Lipinski definition) is 0. The van der Waals surface area contributed by atoms with Crippen LogP contribution >= 0.6 is 0 Å². The van der Waals surface area contributed by atoms with Crippen LogP contribution in [0.3, 0.4) is 0 Å². The van der Waals surface area contributed by atoms with Gasteiger partial charge in [0.15, 0.2) is 6.10 Å². The average Bonchev–Trinajstić information content (AvgIpc) is 3.37. The van der Waals surface area contributed by atoms with Crippen molar-refractivity contribution in [2.24, 2.45) is 0 Å². The quantitative estimate of drug-likeness (QED) is 0.0261. The van der Waals surface area contributed by atoms with E-state index >= 15 is 0 Å². The molecule has 406 valence electrons. The molecule has 0 aromatic heterocycles. The summed E-state index contributed by atoms with van der Waals surface area (Å²) in [6.07, 6.45) is 78.4. The fourth-order valence-corrected chi connectivity index (χ4v) is 8.08. The molecule has 0 aliphatic heterocycles. The molecule has 0 bridgehead atoms. The highest BCUT2D eigenvalue weighted by Gasteiger charge is 2.19. The smallest absolute Gasteiger partial charge is 0.306 e. The molecular weight excluding hydrogens is 877 g/mol. The van der Waals surface area contributed by atoms with E-state index in [-0.39, 0.29) is 31.1 Å². The molecule has 0 fully saturated rings. The fraction of sp³-hybridized carbons (Fsp3) is 0.708. The van der Waals surface area contributed by atoms with E-state index in [0.717, 1.165) is 116 Å². The third-order valence-corrected chi connectivity index (χ3v) is 12.5. The van der Waals surface area contributed by atoms with Gasteiger partial charge in [-0.15, -0.1) is 0 Å². The summed E-state index contributed by atoms with van der Waals surface area (Å²) < 4.78 is 16.8. The van der Waals surface area contributed by atoms with Gasteiger partial charge in [0.1, 0.15) is 13.2 Å². The van der Waals surface area contributed by atoms with Crippen LogP contribution in [0.2, 0.25) is 0 Å². The topological polar surface area (TPSA) is 78.9 Å². The number of unbranched alkanes of at least 4 members (excludes halogenated alkanes) is 26. The summed E-state index contributed by atoms with van der Waals surface area (Å²) in [7, 11) is 0. The largest absolute Gasteiger partial charge is 0.462 e. The lowest BCUT2D eigenvalue weighted by molar-refractivity contribution is -0.167. The molecule has 0 aliphatic rings. The van der Waals surface area contributed by atoms with Crippen LogP contribution in [0.15, 0.2) is 97.2 Å². The molecule has 1 atom stereocenters. The third kappa shape index (κ3) is 57.1. The average molecular weight is 988 g/mol. The molecule has 0 radical (unpaired) electrons. The van der Waals surface area contributed by atoms with Gasteiger partial charge in [-0.25, -0.2) is 0 Å². The molecule has 0 amide bonds. The van der Waals surface area contributed by atoms with Crippen LogP contribution in [0, 0.1) is 0 Å². The molecule has 0 spiro atoms. The van der Waals surface area contributed by atoms with Crippen molar-refractivity contribution < 1.29 is 28.6 Å². The van der Waals surface area contributed by atoms with Crippen molar-refractivity contribution in [1.82, 2.24) is 0 Å². The Labute approximate surface area is 438 Å². The lowest BCUT2D eigenvalue weighted by Crippen LogP contribution is -2.30. The molecule has 1 unspecified atom stereocenters. The normalized spacial score (nSPS) is 12.8. The van der Waals surface area contributed by atoms with Crippen LogP contribution in [0.4, 0.5) is 0 Å². The summed E-state index contributed by atoms with van der Waals surface area (Å²) in [5, 5.41) is 0. The molecule has 0 heterocycles. The minimum atomic E-state index is -0.786. The van der Waals surface area contributed by atoms with Gasteiger partial charge in [0.2, 0.25) is 0 Å². The summed E-state index contributed by atoms with van der Waals surface area (Å²) >= 11 is 0. The molecule has 6 nitrogen and oxygen atoms in total. The number of hydrogen-bond acceptors (Lipinski definition) is 6. The standard InChI is InChI=1S/C65H110O6/c1-4-7-10-13-16-19-22-25-26-27-28-29-30-31-32-33-34-35-36-37-38-39-40-41-44-46-49-52-55-58-64(67)70-61-62(71-65(68)59-56-53-50-47-43-24-21-18-15-12-9-6-3)60-69-63(66)57-54-51-48-45-42-23-20-17-14-11-8-5-2/h7,10,16-21,25-26,28-29,31-32,34-35,62H,4-6,8-9,11-15,22-24,27,30,33,36-61H2,1-3H3/b10-7-,19-16-,20-17-,21-18-,26-25-,29-28-,32-31-,35-34-. The summed E-state index contributed by atoms with van der Waals surface area (Å²) in [4.78, 5) is 38.1. The van der Waals surface area contributed by atoms with Crippen molar-refractivity contribution in [2.75, 3.05) is 13.2 Å². The maximum absolute atomic E-state index is 12.8. The van der Waals surface area contributed by atoms with Crippen LogP contribution in [0.1, 0.15) is 278 Å². The van der Waals surface area contributed by atoms with E-state index in [0.29, 0.717) is 19.3 Å².